The normalized spacial score (nSPS) is 14.7. The first kappa shape index (κ1) is 29.0. The van der Waals surface area contributed by atoms with Crippen LogP contribution in [0.1, 0.15) is 60.9 Å². The Labute approximate surface area is 276 Å². The van der Waals surface area contributed by atoms with E-state index in [-0.39, 0.29) is 6.04 Å². The van der Waals surface area contributed by atoms with E-state index in [0.29, 0.717) is 0 Å². The quantitative estimate of drug-likeness (QED) is 0.135. The van der Waals surface area contributed by atoms with Gasteiger partial charge in [0, 0.05) is 16.8 Å². The zero-order valence-corrected chi connectivity index (χ0v) is 26.8. The lowest BCUT2D eigenvalue weighted by Gasteiger charge is -2.25. The summed E-state index contributed by atoms with van der Waals surface area (Å²) in [4.78, 5) is 5.44. The van der Waals surface area contributed by atoms with Crippen molar-refractivity contribution in [3.8, 4) is 0 Å². The molecular formula is C45H38N2. The Kier molecular flexibility index (Phi) is 7.63. The van der Waals surface area contributed by atoms with Crippen LogP contribution in [-0.4, -0.2) is 5.84 Å². The third kappa shape index (κ3) is 5.40. The average Bonchev–Trinajstić information content (AvgIpc) is 3.14. The first-order valence-corrected chi connectivity index (χ1v) is 16.8. The maximum atomic E-state index is 5.44. The van der Waals surface area contributed by atoms with Crippen molar-refractivity contribution in [2.75, 3.05) is 0 Å². The van der Waals surface area contributed by atoms with Gasteiger partial charge in [-0.15, -0.1) is 0 Å². The fourth-order valence-electron chi connectivity index (χ4n) is 7.20. The minimum Gasteiger partial charge on any atom is -0.340 e. The summed E-state index contributed by atoms with van der Waals surface area (Å²) in [6.45, 7) is 6.64. The molecule has 0 saturated heterocycles. The van der Waals surface area contributed by atoms with E-state index < -0.39 is 0 Å². The Morgan fingerprint density at radius 2 is 1.21 bits per heavy atom. The summed E-state index contributed by atoms with van der Waals surface area (Å²) in [7, 11) is 0. The SMILES string of the molecule is C=C(CCCCC)c1ccc(C2=NC(c3cc4ccccc4c4ccccc34)C=C(c3cc4ccccc4c4ccccc34)N2)cc1. The van der Waals surface area contributed by atoms with Crippen molar-refractivity contribution in [1.82, 2.24) is 5.32 Å². The maximum absolute atomic E-state index is 5.44. The minimum absolute atomic E-state index is 0.176. The van der Waals surface area contributed by atoms with Crippen molar-refractivity contribution in [2.45, 2.75) is 38.6 Å². The summed E-state index contributed by atoms with van der Waals surface area (Å²) >= 11 is 0. The summed E-state index contributed by atoms with van der Waals surface area (Å²) < 4.78 is 0. The van der Waals surface area contributed by atoms with Crippen molar-refractivity contribution < 1.29 is 0 Å². The zero-order valence-electron chi connectivity index (χ0n) is 26.8. The van der Waals surface area contributed by atoms with Gasteiger partial charge in [0.15, 0.2) is 0 Å². The maximum Gasteiger partial charge on any atom is 0.133 e. The van der Waals surface area contributed by atoms with E-state index >= 15 is 0 Å². The van der Waals surface area contributed by atoms with Gasteiger partial charge in [0.1, 0.15) is 5.84 Å². The standard InChI is InChI=1S/C45H38N2/c1-3-4-5-14-30(2)31-23-25-32(26-24-31)45-46-43(41-27-33-15-6-8-17-35(33)37-19-10-12-21-39(37)41)29-44(47-45)42-28-34-16-7-9-18-36(34)38-20-11-13-22-40(38)42/h6-13,15-29,43H,2-5,14H2,1H3,(H,46,47). The lowest BCUT2D eigenvalue weighted by atomic mass is 9.90. The highest BCUT2D eigenvalue weighted by atomic mass is 15.0. The molecule has 228 valence electrons. The highest BCUT2D eigenvalue weighted by molar-refractivity contribution is 6.15. The first-order chi connectivity index (χ1) is 23.2. The smallest absolute Gasteiger partial charge is 0.133 e. The molecule has 0 amide bonds. The molecule has 1 N–H and O–H groups in total. The van der Waals surface area contributed by atoms with Crippen LogP contribution in [0.25, 0.3) is 54.4 Å². The lowest BCUT2D eigenvalue weighted by molar-refractivity contribution is 0.736. The third-order valence-corrected chi connectivity index (χ3v) is 9.67. The number of nitrogens with one attached hydrogen (secondary N) is 1. The monoisotopic (exact) mass is 606 g/mol. The molecule has 0 saturated carbocycles. The van der Waals surface area contributed by atoms with Crippen molar-refractivity contribution in [3.05, 3.63) is 168 Å². The summed E-state index contributed by atoms with van der Waals surface area (Å²) in [6, 6.07) is 48.2. The van der Waals surface area contributed by atoms with Gasteiger partial charge < -0.3 is 5.32 Å². The van der Waals surface area contributed by atoms with E-state index in [1.165, 1.54) is 84.6 Å². The Morgan fingerprint density at radius 3 is 1.89 bits per heavy atom. The summed E-state index contributed by atoms with van der Waals surface area (Å²) in [5.41, 5.74) is 6.94. The molecule has 1 aliphatic heterocycles. The molecule has 2 nitrogen and oxygen atoms in total. The minimum atomic E-state index is -0.176. The summed E-state index contributed by atoms with van der Waals surface area (Å²) in [5, 5.41) is 13.8. The van der Waals surface area contributed by atoms with Crippen LogP contribution >= 0.6 is 0 Å². The number of nitrogens with zero attached hydrogens (tertiary/aromatic N) is 1. The molecule has 8 rings (SSSR count). The van der Waals surface area contributed by atoms with E-state index in [9.17, 15) is 0 Å². The molecule has 0 aliphatic carbocycles. The van der Waals surface area contributed by atoms with Crippen LogP contribution in [0.5, 0.6) is 0 Å². The summed E-state index contributed by atoms with van der Waals surface area (Å²) in [5.74, 6) is 0.880. The van der Waals surface area contributed by atoms with Gasteiger partial charge in [-0.3, -0.25) is 4.99 Å². The molecule has 1 atom stereocenters. The van der Waals surface area contributed by atoms with Crippen molar-refractivity contribution in [2.24, 2.45) is 4.99 Å². The van der Waals surface area contributed by atoms with Crippen molar-refractivity contribution in [3.63, 3.8) is 0 Å². The van der Waals surface area contributed by atoms with Crippen LogP contribution in [0.3, 0.4) is 0 Å². The van der Waals surface area contributed by atoms with Crippen LogP contribution in [-0.2, 0) is 0 Å². The van der Waals surface area contributed by atoms with Crippen LogP contribution in [0.4, 0.5) is 0 Å². The van der Waals surface area contributed by atoms with E-state index in [1.807, 2.05) is 0 Å². The van der Waals surface area contributed by atoms with Gasteiger partial charge in [0.25, 0.3) is 0 Å². The molecule has 1 unspecified atom stereocenters. The molecule has 0 radical (unpaired) electrons. The molecule has 0 bridgehead atoms. The van der Waals surface area contributed by atoms with Gasteiger partial charge in [-0.2, -0.15) is 0 Å². The molecule has 0 spiro atoms. The molecule has 0 fully saturated rings. The molecule has 0 aromatic heterocycles. The molecule has 2 heteroatoms. The number of fused-ring (bicyclic) bond motifs is 6. The number of amidine groups is 1. The number of aliphatic imine (C=N–C) groups is 1. The number of benzene rings is 7. The Morgan fingerprint density at radius 1 is 0.638 bits per heavy atom. The van der Waals surface area contributed by atoms with Crippen LogP contribution in [0.15, 0.2) is 151 Å². The second-order valence-electron chi connectivity index (χ2n) is 12.7. The van der Waals surface area contributed by atoms with Crippen molar-refractivity contribution in [1.29, 1.82) is 0 Å². The van der Waals surface area contributed by atoms with Crippen LogP contribution < -0.4 is 5.32 Å². The van der Waals surface area contributed by atoms with Gasteiger partial charge >= 0.3 is 0 Å². The Hall–Kier alpha value is -5.47. The van der Waals surface area contributed by atoms with E-state index in [2.05, 4.69) is 158 Å². The highest BCUT2D eigenvalue weighted by Gasteiger charge is 2.23. The predicted octanol–water partition coefficient (Wildman–Crippen LogP) is 12.0. The number of unbranched alkanes of at least 4 members (excludes halogenated alkanes) is 2. The lowest BCUT2D eigenvalue weighted by Crippen LogP contribution is -2.28. The number of rotatable bonds is 8. The van der Waals surface area contributed by atoms with E-state index in [4.69, 9.17) is 4.99 Å². The summed E-state index contributed by atoms with van der Waals surface area (Å²) in [6.07, 6.45) is 6.99. The van der Waals surface area contributed by atoms with Crippen molar-refractivity contribution >= 4 is 60.2 Å². The third-order valence-electron chi connectivity index (χ3n) is 9.67. The highest BCUT2D eigenvalue weighted by Crippen LogP contribution is 2.39. The molecule has 47 heavy (non-hydrogen) atoms. The van der Waals surface area contributed by atoms with Crippen LogP contribution in [0.2, 0.25) is 0 Å². The number of allylic oxidation sites excluding steroid dienone is 1. The van der Waals surface area contributed by atoms with Gasteiger partial charge in [0.2, 0.25) is 0 Å². The molecule has 1 aliphatic rings. The van der Waals surface area contributed by atoms with Gasteiger partial charge in [-0.25, -0.2) is 0 Å². The molecule has 1 heterocycles. The van der Waals surface area contributed by atoms with Gasteiger partial charge in [0.05, 0.1) is 6.04 Å². The van der Waals surface area contributed by atoms with E-state index in [1.54, 1.807) is 0 Å². The van der Waals surface area contributed by atoms with Crippen LogP contribution in [0, 0.1) is 0 Å². The topological polar surface area (TPSA) is 24.4 Å². The average molecular weight is 607 g/mol. The predicted molar refractivity (Wildman–Crippen MR) is 203 cm³/mol. The first-order valence-electron chi connectivity index (χ1n) is 16.8. The molecule has 7 aromatic carbocycles. The molecule has 7 aromatic rings. The second-order valence-corrected chi connectivity index (χ2v) is 12.7. The fourth-order valence-corrected chi connectivity index (χ4v) is 7.20. The zero-order chi connectivity index (χ0) is 31.7. The fraction of sp³-hybridized carbons (Fsp3) is 0.133. The second kappa shape index (κ2) is 12.4. The Balaban J connectivity index is 1.30. The largest absolute Gasteiger partial charge is 0.340 e. The van der Waals surface area contributed by atoms with E-state index in [0.717, 1.165) is 23.5 Å². The molecular weight excluding hydrogens is 569 g/mol. The Bertz CT molecular complexity index is 2360. The van der Waals surface area contributed by atoms with Gasteiger partial charge in [-0.1, -0.05) is 148 Å². The van der Waals surface area contributed by atoms with Gasteiger partial charge in [-0.05, 0) is 90.8 Å². The number of hydrogen-bond donors (Lipinski definition) is 1. The number of hydrogen-bond acceptors (Lipinski definition) is 2.